The first-order chi connectivity index (χ1) is 17.6. The molecular formula is C28H26F3N5O. The van der Waals surface area contributed by atoms with Crippen molar-refractivity contribution in [2.24, 2.45) is 10.7 Å². The molecule has 3 aromatic rings. The molecule has 0 spiro atoms. The van der Waals surface area contributed by atoms with Crippen molar-refractivity contribution >= 4 is 23.0 Å². The quantitative estimate of drug-likeness (QED) is 0.339. The molecule has 1 atom stereocenters. The summed E-state index contributed by atoms with van der Waals surface area (Å²) in [5, 5.41) is 15.2. The number of nitrogens with two attached hydrogens (primary N) is 1. The van der Waals surface area contributed by atoms with E-state index in [0.717, 1.165) is 11.1 Å². The molecule has 0 aliphatic carbocycles. The standard InChI is InChI=1S/C28H26F3N5O/c1-18(2)34-26(20-9-4-3-5-10-20)21-11-7-13-23(15-21)36-27(37)24(16-25(33)28(29,30)31)35-22-12-6-8-19(14-22)17-32/h3-16,18,26,34H,33H2,1-2H3,(H,36,37)/b25-16-,35-24?. The van der Waals surface area contributed by atoms with Crippen LogP contribution in [0, 0.1) is 11.3 Å². The number of amides is 1. The largest absolute Gasteiger partial charge is 0.430 e. The number of rotatable bonds is 8. The summed E-state index contributed by atoms with van der Waals surface area (Å²) in [6.45, 7) is 4.03. The Morgan fingerprint density at radius 2 is 1.68 bits per heavy atom. The fourth-order valence-electron chi connectivity index (χ4n) is 3.52. The average Bonchev–Trinajstić information content (AvgIpc) is 2.87. The van der Waals surface area contributed by atoms with Crippen LogP contribution in [-0.2, 0) is 4.79 Å². The third-order valence-corrected chi connectivity index (χ3v) is 5.19. The third kappa shape index (κ3) is 7.78. The van der Waals surface area contributed by atoms with E-state index < -0.39 is 23.5 Å². The van der Waals surface area contributed by atoms with Gasteiger partial charge in [0.2, 0.25) is 0 Å². The maximum atomic E-state index is 13.1. The summed E-state index contributed by atoms with van der Waals surface area (Å²) in [7, 11) is 0. The van der Waals surface area contributed by atoms with Crippen molar-refractivity contribution in [1.29, 1.82) is 5.26 Å². The first kappa shape index (κ1) is 27.2. The molecule has 1 unspecified atom stereocenters. The zero-order valence-corrected chi connectivity index (χ0v) is 20.3. The lowest BCUT2D eigenvalue weighted by Crippen LogP contribution is -2.29. The number of hydrogen-bond donors (Lipinski definition) is 3. The number of carbonyl (C=O) groups excluding carboxylic acids is 1. The van der Waals surface area contributed by atoms with Gasteiger partial charge >= 0.3 is 6.18 Å². The zero-order valence-electron chi connectivity index (χ0n) is 20.3. The molecule has 3 aromatic carbocycles. The Balaban J connectivity index is 1.97. The summed E-state index contributed by atoms with van der Waals surface area (Å²) in [6, 6.07) is 24.5. The van der Waals surface area contributed by atoms with E-state index in [1.807, 2.05) is 56.3 Å². The predicted molar refractivity (Wildman–Crippen MR) is 138 cm³/mol. The van der Waals surface area contributed by atoms with Gasteiger partial charge in [-0.2, -0.15) is 18.4 Å². The SMILES string of the molecule is CC(C)NC(c1ccccc1)c1cccc(NC(=O)C(/C=C(\N)C(F)(F)F)=Nc2cccc(C#N)c2)c1. The summed E-state index contributed by atoms with van der Waals surface area (Å²) in [4.78, 5) is 17.1. The van der Waals surface area contributed by atoms with Crippen LogP contribution in [0.25, 0.3) is 0 Å². The molecule has 0 aliphatic heterocycles. The van der Waals surface area contributed by atoms with Crippen LogP contribution in [0.4, 0.5) is 24.5 Å². The molecule has 0 bridgehead atoms. The van der Waals surface area contributed by atoms with Crippen molar-refractivity contribution in [1.82, 2.24) is 5.32 Å². The highest BCUT2D eigenvalue weighted by Crippen LogP contribution is 2.26. The van der Waals surface area contributed by atoms with Gasteiger partial charge in [0.25, 0.3) is 5.91 Å². The molecule has 3 rings (SSSR count). The van der Waals surface area contributed by atoms with E-state index >= 15 is 0 Å². The number of nitriles is 1. The van der Waals surface area contributed by atoms with Crippen LogP contribution in [0.3, 0.4) is 0 Å². The summed E-state index contributed by atoms with van der Waals surface area (Å²) in [6.07, 6.45) is -4.37. The van der Waals surface area contributed by atoms with Crippen LogP contribution in [0.1, 0.15) is 36.6 Å². The van der Waals surface area contributed by atoms with Crippen LogP contribution in [0.15, 0.2) is 95.6 Å². The molecule has 0 saturated carbocycles. The highest BCUT2D eigenvalue weighted by atomic mass is 19.4. The van der Waals surface area contributed by atoms with Crippen molar-refractivity contribution in [3.63, 3.8) is 0 Å². The molecule has 0 aromatic heterocycles. The van der Waals surface area contributed by atoms with E-state index in [9.17, 15) is 18.0 Å². The number of nitrogens with zero attached hydrogens (tertiary/aromatic N) is 2. The third-order valence-electron chi connectivity index (χ3n) is 5.19. The van der Waals surface area contributed by atoms with Gasteiger partial charge in [0.1, 0.15) is 11.4 Å². The van der Waals surface area contributed by atoms with Gasteiger partial charge in [-0.15, -0.1) is 0 Å². The van der Waals surface area contributed by atoms with Gasteiger partial charge in [0.05, 0.1) is 23.4 Å². The average molecular weight is 506 g/mol. The molecule has 0 radical (unpaired) electrons. The molecule has 6 nitrogen and oxygen atoms in total. The second kappa shape index (κ2) is 12.0. The van der Waals surface area contributed by atoms with Crippen molar-refractivity contribution in [2.45, 2.75) is 32.1 Å². The maximum Gasteiger partial charge on any atom is 0.430 e. The van der Waals surface area contributed by atoms with Crippen LogP contribution in [-0.4, -0.2) is 23.8 Å². The van der Waals surface area contributed by atoms with E-state index in [1.165, 1.54) is 24.3 Å². The maximum absolute atomic E-state index is 13.1. The number of benzene rings is 3. The fourth-order valence-corrected chi connectivity index (χ4v) is 3.52. The van der Waals surface area contributed by atoms with Crippen LogP contribution >= 0.6 is 0 Å². The number of aliphatic imine (C=N–C) groups is 1. The number of nitrogens with one attached hydrogen (secondary N) is 2. The van der Waals surface area contributed by atoms with Gasteiger partial charge in [-0.3, -0.25) is 4.79 Å². The Morgan fingerprint density at radius 1 is 1.00 bits per heavy atom. The van der Waals surface area contributed by atoms with Gasteiger partial charge in [0.15, 0.2) is 0 Å². The summed E-state index contributed by atoms with van der Waals surface area (Å²) in [5.74, 6) is -0.889. The summed E-state index contributed by atoms with van der Waals surface area (Å²) >= 11 is 0. The molecular weight excluding hydrogens is 479 g/mol. The molecule has 0 heterocycles. The van der Waals surface area contributed by atoms with Crippen molar-refractivity contribution in [3.05, 3.63) is 107 Å². The Labute approximate surface area is 213 Å². The number of carbonyl (C=O) groups is 1. The molecule has 0 fully saturated rings. The number of allylic oxidation sites excluding steroid dienone is 1. The first-order valence-corrected chi connectivity index (χ1v) is 11.4. The topological polar surface area (TPSA) is 103 Å². The molecule has 190 valence electrons. The van der Waals surface area contributed by atoms with Gasteiger partial charge in [0, 0.05) is 11.7 Å². The Kier molecular flexibility index (Phi) is 8.82. The second-order valence-corrected chi connectivity index (χ2v) is 8.50. The normalized spacial score (nSPS) is 13.2. The number of alkyl halides is 3. The lowest BCUT2D eigenvalue weighted by molar-refractivity contribution is -0.110. The van der Waals surface area contributed by atoms with Gasteiger partial charge in [-0.1, -0.05) is 48.5 Å². The Morgan fingerprint density at radius 3 is 2.32 bits per heavy atom. The highest BCUT2D eigenvalue weighted by Gasteiger charge is 2.32. The minimum absolute atomic E-state index is 0.134. The fraction of sp³-hybridized carbons (Fsp3) is 0.179. The van der Waals surface area contributed by atoms with E-state index in [2.05, 4.69) is 15.6 Å². The summed E-state index contributed by atoms with van der Waals surface area (Å²) in [5.41, 5.74) is 5.75. The molecule has 9 heteroatoms. The summed E-state index contributed by atoms with van der Waals surface area (Å²) < 4.78 is 39.4. The molecule has 0 aliphatic rings. The van der Waals surface area contributed by atoms with E-state index in [-0.39, 0.29) is 23.3 Å². The minimum Gasteiger partial charge on any atom is -0.395 e. The van der Waals surface area contributed by atoms with Gasteiger partial charge in [-0.25, -0.2) is 4.99 Å². The van der Waals surface area contributed by atoms with Gasteiger partial charge in [-0.05, 0) is 61.4 Å². The van der Waals surface area contributed by atoms with Crippen molar-refractivity contribution in [3.8, 4) is 6.07 Å². The van der Waals surface area contributed by atoms with Crippen LogP contribution in [0.2, 0.25) is 0 Å². The number of anilines is 1. The molecule has 4 N–H and O–H groups in total. The van der Waals surface area contributed by atoms with Gasteiger partial charge < -0.3 is 16.4 Å². The molecule has 0 saturated heterocycles. The highest BCUT2D eigenvalue weighted by molar-refractivity contribution is 6.47. The lowest BCUT2D eigenvalue weighted by Gasteiger charge is -2.23. The number of hydrogen-bond acceptors (Lipinski definition) is 5. The smallest absolute Gasteiger partial charge is 0.395 e. The minimum atomic E-state index is -4.85. The molecule has 37 heavy (non-hydrogen) atoms. The monoisotopic (exact) mass is 505 g/mol. The van der Waals surface area contributed by atoms with Crippen molar-refractivity contribution in [2.75, 3.05) is 5.32 Å². The van der Waals surface area contributed by atoms with E-state index in [1.54, 1.807) is 18.2 Å². The molecule has 1 amide bonds. The zero-order chi connectivity index (χ0) is 27.0. The van der Waals surface area contributed by atoms with E-state index in [4.69, 9.17) is 11.0 Å². The van der Waals surface area contributed by atoms with Crippen molar-refractivity contribution < 1.29 is 18.0 Å². The second-order valence-electron chi connectivity index (χ2n) is 8.50. The first-order valence-electron chi connectivity index (χ1n) is 11.4. The lowest BCUT2D eigenvalue weighted by atomic mass is 9.97. The van der Waals surface area contributed by atoms with E-state index in [0.29, 0.717) is 11.8 Å². The predicted octanol–water partition coefficient (Wildman–Crippen LogP) is 5.76. The Hall–Kier alpha value is -4.42. The van der Waals surface area contributed by atoms with Crippen LogP contribution < -0.4 is 16.4 Å². The number of halogens is 3. The van der Waals surface area contributed by atoms with Crippen LogP contribution in [0.5, 0.6) is 0 Å². The Bertz CT molecular complexity index is 1340.